The van der Waals surface area contributed by atoms with Gasteiger partial charge in [0, 0.05) is 13.1 Å². The smallest absolute Gasteiger partial charge is 0.416 e. The lowest BCUT2D eigenvalue weighted by Crippen LogP contribution is -2.31. The van der Waals surface area contributed by atoms with Gasteiger partial charge in [0.05, 0.1) is 11.5 Å². The van der Waals surface area contributed by atoms with Crippen LogP contribution in [0.5, 0.6) is 0 Å². The minimum atomic E-state index is -4.33. The van der Waals surface area contributed by atoms with Crippen LogP contribution in [0.2, 0.25) is 0 Å². The highest BCUT2D eigenvalue weighted by Crippen LogP contribution is 2.30. The molecule has 0 radical (unpaired) electrons. The lowest BCUT2D eigenvalue weighted by molar-refractivity contribution is -0.142. The van der Waals surface area contributed by atoms with E-state index in [0.717, 1.165) is 17.7 Å². The monoisotopic (exact) mass is 331 g/mol. The van der Waals surface area contributed by atoms with E-state index in [1.807, 2.05) is 20.8 Å². The summed E-state index contributed by atoms with van der Waals surface area (Å²) in [5, 5.41) is 12.3. The van der Waals surface area contributed by atoms with Crippen LogP contribution in [0.3, 0.4) is 0 Å². The summed E-state index contributed by atoms with van der Waals surface area (Å²) < 4.78 is 37.6. The molecule has 0 saturated carbocycles. The molecule has 2 N–H and O–H groups in total. The normalized spacial score (nSPS) is 14.7. The number of rotatable bonds is 8. The number of hydrogen-bond donors (Lipinski definition) is 2. The number of benzene rings is 1. The second-order valence-electron chi connectivity index (χ2n) is 6.34. The summed E-state index contributed by atoms with van der Waals surface area (Å²) in [5.74, 6) is -0.973. The molecular weight excluding hydrogens is 307 g/mol. The molecule has 1 aromatic carbocycles. The molecule has 0 aliphatic heterocycles. The molecule has 0 aliphatic carbocycles. The number of carbonyl (C=O) groups is 1. The van der Waals surface area contributed by atoms with Gasteiger partial charge in [-0.15, -0.1) is 0 Å². The van der Waals surface area contributed by atoms with Crippen molar-refractivity contribution in [3.05, 3.63) is 35.4 Å². The lowest BCUT2D eigenvalue weighted by atomic mass is 9.96. The maximum atomic E-state index is 12.5. The standard InChI is InChI=1S/C17H24F3NO2/c1-11(2)8-14(16(22)23)10-21-9-12(3)13-4-6-15(7-5-13)17(18,19)20/h4-7,11-12,14,21H,8-10H2,1-3H3,(H,22,23). The van der Waals surface area contributed by atoms with Gasteiger partial charge in [-0.25, -0.2) is 0 Å². The first-order valence-corrected chi connectivity index (χ1v) is 7.72. The van der Waals surface area contributed by atoms with Gasteiger partial charge in [0.15, 0.2) is 0 Å². The largest absolute Gasteiger partial charge is 0.481 e. The van der Waals surface area contributed by atoms with Crippen molar-refractivity contribution >= 4 is 5.97 Å². The van der Waals surface area contributed by atoms with Gasteiger partial charge in [-0.1, -0.05) is 32.9 Å². The van der Waals surface area contributed by atoms with Gasteiger partial charge in [0.25, 0.3) is 0 Å². The Bertz CT molecular complexity index is 498. The molecule has 0 amide bonds. The summed E-state index contributed by atoms with van der Waals surface area (Å²) in [6.07, 6.45) is -3.73. The molecule has 6 heteroatoms. The Labute approximate surface area is 134 Å². The molecule has 0 heterocycles. The van der Waals surface area contributed by atoms with Gasteiger partial charge >= 0.3 is 12.1 Å². The van der Waals surface area contributed by atoms with Crippen LogP contribution < -0.4 is 5.32 Å². The van der Waals surface area contributed by atoms with E-state index in [1.165, 1.54) is 12.1 Å². The van der Waals surface area contributed by atoms with E-state index in [9.17, 15) is 18.0 Å². The van der Waals surface area contributed by atoms with Crippen LogP contribution >= 0.6 is 0 Å². The number of halogens is 3. The highest BCUT2D eigenvalue weighted by molar-refractivity contribution is 5.70. The van der Waals surface area contributed by atoms with E-state index < -0.39 is 23.6 Å². The molecule has 0 spiro atoms. The molecule has 0 saturated heterocycles. The zero-order valence-corrected chi connectivity index (χ0v) is 13.7. The number of nitrogens with one attached hydrogen (secondary N) is 1. The first kappa shape index (κ1) is 19.5. The van der Waals surface area contributed by atoms with Crippen LogP contribution in [-0.2, 0) is 11.0 Å². The van der Waals surface area contributed by atoms with Gasteiger partial charge in [-0.2, -0.15) is 13.2 Å². The van der Waals surface area contributed by atoms with Crippen molar-refractivity contribution in [2.75, 3.05) is 13.1 Å². The summed E-state index contributed by atoms with van der Waals surface area (Å²) in [6, 6.07) is 5.09. The average molecular weight is 331 g/mol. The van der Waals surface area contributed by atoms with Crippen molar-refractivity contribution in [1.82, 2.24) is 5.32 Å². The summed E-state index contributed by atoms with van der Waals surface area (Å²) in [6.45, 7) is 6.72. The van der Waals surface area contributed by atoms with E-state index >= 15 is 0 Å². The molecule has 130 valence electrons. The topological polar surface area (TPSA) is 49.3 Å². The fourth-order valence-electron chi connectivity index (χ4n) is 2.43. The van der Waals surface area contributed by atoms with Crippen molar-refractivity contribution in [2.24, 2.45) is 11.8 Å². The second-order valence-corrected chi connectivity index (χ2v) is 6.34. The molecule has 23 heavy (non-hydrogen) atoms. The molecule has 0 bridgehead atoms. The third kappa shape index (κ3) is 6.60. The van der Waals surface area contributed by atoms with Crippen molar-refractivity contribution < 1.29 is 23.1 Å². The van der Waals surface area contributed by atoms with Crippen LogP contribution in [0.15, 0.2) is 24.3 Å². The Morgan fingerprint density at radius 1 is 1.13 bits per heavy atom. The first-order valence-electron chi connectivity index (χ1n) is 7.72. The van der Waals surface area contributed by atoms with Gasteiger partial charge in [-0.3, -0.25) is 4.79 Å². The molecule has 0 fully saturated rings. The Morgan fingerprint density at radius 3 is 2.13 bits per heavy atom. The molecule has 0 aliphatic rings. The Balaban J connectivity index is 2.53. The molecule has 2 atom stereocenters. The maximum absolute atomic E-state index is 12.5. The molecule has 3 nitrogen and oxygen atoms in total. The van der Waals surface area contributed by atoms with E-state index in [2.05, 4.69) is 5.32 Å². The molecule has 1 aromatic rings. The predicted octanol–water partition coefficient (Wildman–Crippen LogP) is 4.15. The summed E-state index contributed by atoms with van der Waals surface area (Å²) >= 11 is 0. The minimum Gasteiger partial charge on any atom is -0.481 e. The Kier molecular flexibility index (Phi) is 7.06. The third-order valence-electron chi connectivity index (χ3n) is 3.75. The Hall–Kier alpha value is -1.56. The lowest BCUT2D eigenvalue weighted by Gasteiger charge is -2.18. The van der Waals surface area contributed by atoms with Crippen LogP contribution in [0.1, 0.15) is 44.2 Å². The molecule has 0 aromatic heterocycles. The van der Waals surface area contributed by atoms with Gasteiger partial charge < -0.3 is 10.4 Å². The zero-order chi connectivity index (χ0) is 17.6. The molecular formula is C17H24F3NO2. The number of carboxylic acids is 1. The van der Waals surface area contributed by atoms with E-state index in [-0.39, 0.29) is 5.92 Å². The fourth-order valence-corrected chi connectivity index (χ4v) is 2.43. The van der Waals surface area contributed by atoms with Crippen LogP contribution in [-0.4, -0.2) is 24.2 Å². The van der Waals surface area contributed by atoms with Crippen LogP contribution in [0, 0.1) is 11.8 Å². The zero-order valence-electron chi connectivity index (χ0n) is 13.7. The second kappa shape index (κ2) is 8.34. The van der Waals surface area contributed by atoms with Crippen molar-refractivity contribution in [3.63, 3.8) is 0 Å². The predicted molar refractivity (Wildman–Crippen MR) is 83.3 cm³/mol. The molecule has 1 rings (SSSR count). The summed E-state index contributed by atoms with van der Waals surface area (Å²) in [4.78, 5) is 11.2. The minimum absolute atomic E-state index is 0.00535. The van der Waals surface area contributed by atoms with E-state index in [1.54, 1.807) is 0 Å². The van der Waals surface area contributed by atoms with E-state index in [0.29, 0.717) is 25.4 Å². The average Bonchev–Trinajstić information content (AvgIpc) is 2.44. The van der Waals surface area contributed by atoms with Crippen molar-refractivity contribution in [3.8, 4) is 0 Å². The highest BCUT2D eigenvalue weighted by Gasteiger charge is 2.30. The summed E-state index contributed by atoms with van der Waals surface area (Å²) in [7, 11) is 0. The van der Waals surface area contributed by atoms with Gasteiger partial charge in [0.1, 0.15) is 0 Å². The highest BCUT2D eigenvalue weighted by atomic mass is 19.4. The van der Waals surface area contributed by atoms with Crippen LogP contribution in [0.25, 0.3) is 0 Å². The number of aliphatic carboxylic acids is 1. The first-order chi connectivity index (χ1) is 10.6. The summed E-state index contributed by atoms with van der Waals surface area (Å²) in [5.41, 5.74) is 0.130. The number of hydrogen-bond acceptors (Lipinski definition) is 2. The van der Waals surface area contributed by atoms with Crippen LogP contribution in [0.4, 0.5) is 13.2 Å². The number of alkyl halides is 3. The van der Waals surface area contributed by atoms with Gasteiger partial charge in [0.2, 0.25) is 0 Å². The fraction of sp³-hybridized carbons (Fsp3) is 0.588. The van der Waals surface area contributed by atoms with E-state index in [4.69, 9.17) is 5.11 Å². The van der Waals surface area contributed by atoms with Crippen molar-refractivity contribution in [2.45, 2.75) is 39.3 Å². The van der Waals surface area contributed by atoms with Gasteiger partial charge in [-0.05, 0) is 36.0 Å². The third-order valence-corrected chi connectivity index (χ3v) is 3.75. The molecule has 2 unspecified atom stereocenters. The Morgan fingerprint density at radius 2 is 1.70 bits per heavy atom. The number of carboxylic acid groups (broad SMARTS) is 1. The quantitative estimate of drug-likeness (QED) is 0.752. The maximum Gasteiger partial charge on any atom is 0.416 e. The van der Waals surface area contributed by atoms with Crippen molar-refractivity contribution in [1.29, 1.82) is 0 Å². The SMILES string of the molecule is CC(C)CC(CNCC(C)c1ccc(C(F)(F)F)cc1)C(=O)O.